The summed E-state index contributed by atoms with van der Waals surface area (Å²) in [5, 5.41) is 13.1. The summed E-state index contributed by atoms with van der Waals surface area (Å²) >= 11 is 0. The first kappa shape index (κ1) is 14.7. The zero-order valence-electron chi connectivity index (χ0n) is 11.1. The molecule has 18 heavy (non-hydrogen) atoms. The van der Waals surface area contributed by atoms with E-state index in [0.29, 0.717) is 26.1 Å². The number of ether oxygens (including phenoxy) is 1. The van der Waals surface area contributed by atoms with Crippen molar-refractivity contribution >= 4 is 0 Å². The second-order valence-corrected chi connectivity index (χ2v) is 4.51. The zero-order valence-corrected chi connectivity index (χ0v) is 11.1. The number of hydrogen-bond acceptors (Lipinski definition) is 3. The molecule has 0 heterocycles. The smallest absolute Gasteiger partial charge is 0.0765 e. The van der Waals surface area contributed by atoms with Crippen LogP contribution in [0.25, 0.3) is 0 Å². The van der Waals surface area contributed by atoms with E-state index in [1.54, 1.807) is 14.0 Å². The molecule has 0 saturated heterocycles. The van der Waals surface area contributed by atoms with Gasteiger partial charge in [-0.1, -0.05) is 30.0 Å². The van der Waals surface area contributed by atoms with E-state index in [2.05, 4.69) is 17.2 Å². The van der Waals surface area contributed by atoms with Crippen LogP contribution in [0.1, 0.15) is 18.9 Å². The Morgan fingerprint density at radius 3 is 2.72 bits per heavy atom. The maximum Gasteiger partial charge on any atom is 0.0765 e. The molecule has 0 radical (unpaired) electrons. The van der Waals surface area contributed by atoms with E-state index in [1.165, 1.54) is 0 Å². The van der Waals surface area contributed by atoms with Crippen molar-refractivity contribution in [3.8, 4) is 11.8 Å². The highest BCUT2D eigenvalue weighted by molar-refractivity contribution is 5.33. The molecule has 0 spiro atoms. The summed E-state index contributed by atoms with van der Waals surface area (Å²) in [6, 6.07) is 9.85. The van der Waals surface area contributed by atoms with E-state index in [9.17, 15) is 5.11 Å². The minimum absolute atomic E-state index is 0.514. The largest absolute Gasteiger partial charge is 0.389 e. The quantitative estimate of drug-likeness (QED) is 0.590. The summed E-state index contributed by atoms with van der Waals surface area (Å²) in [4.78, 5) is 0. The molecule has 1 atom stereocenters. The second kappa shape index (κ2) is 7.88. The monoisotopic (exact) mass is 247 g/mol. The lowest BCUT2D eigenvalue weighted by Crippen LogP contribution is -2.38. The maximum atomic E-state index is 9.97. The Bertz CT molecular complexity index is 390. The van der Waals surface area contributed by atoms with Gasteiger partial charge in [0.1, 0.15) is 0 Å². The molecule has 0 aliphatic rings. The first-order valence-corrected chi connectivity index (χ1v) is 6.10. The number of nitrogens with one attached hydrogen (secondary N) is 1. The molecular formula is C15H21NO2. The highest BCUT2D eigenvalue weighted by atomic mass is 16.5. The molecule has 0 aliphatic carbocycles. The lowest BCUT2D eigenvalue weighted by molar-refractivity contribution is 0.0259. The Morgan fingerprint density at radius 1 is 1.33 bits per heavy atom. The summed E-state index contributed by atoms with van der Waals surface area (Å²) in [5.41, 5.74) is 0.259. The van der Waals surface area contributed by atoms with E-state index >= 15 is 0 Å². The first-order chi connectivity index (χ1) is 8.64. The Kier molecular flexibility index (Phi) is 6.45. The van der Waals surface area contributed by atoms with Gasteiger partial charge >= 0.3 is 0 Å². The van der Waals surface area contributed by atoms with Crippen LogP contribution >= 0.6 is 0 Å². The molecule has 0 amide bonds. The third-order valence-corrected chi connectivity index (χ3v) is 2.57. The van der Waals surface area contributed by atoms with Crippen LogP contribution < -0.4 is 5.32 Å². The van der Waals surface area contributed by atoms with Gasteiger partial charge in [0, 0.05) is 32.2 Å². The molecule has 1 unspecified atom stereocenters. The highest BCUT2D eigenvalue weighted by Gasteiger charge is 2.18. The Labute approximate surface area is 109 Å². The summed E-state index contributed by atoms with van der Waals surface area (Å²) in [5.74, 6) is 6.08. The normalized spacial score (nSPS) is 13.5. The SMILES string of the molecule is COCCC(C)(O)CNCC#Cc1ccccc1. The molecule has 3 heteroatoms. The van der Waals surface area contributed by atoms with Crippen LogP contribution in [0.15, 0.2) is 30.3 Å². The minimum atomic E-state index is -0.746. The van der Waals surface area contributed by atoms with E-state index in [4.69, 9.17) is 4.74 Å². The van der Waals surface area contributed by atoms with Gasteiger partial charge in [0.25, 0.3) is 0 Å². The molecule has 1 aromatic carbocycles. The molecule has 0 fully saturated rings. The van der Waals surface area contributed by atoms with E-state index in [1.807, 2.05) is 30.3 Å². The topological polar surface area (TPSA) is 41.5 Å². The number of hydrogen-bond donors (Lipinski definition) is 2. The summed E-state index contributed by atoms with van der Waals surface area (Å²) < 4.78 is 4.95. The van der Waals surface area contributed by atoms with Crippen molar-refractivity contribution in [1.29, 1.82) is 0 Å². The van der Waals surface area contributed by atoms with Gasteiger partial charge in [-0.25, -0.2) is 0 Å². The van der Waals surface area contributed by atoms with Crippen molar-refractivity contribution in [3.05, 3.63) is 35.9 Å². The fourth-order valence-corrected chi connectivity index (χ4v) is 1.47. The zero-order chi connectivity index (χ0) is 13.3. The molecule has 1 rings (SSSR count). The second-order valence-electron chi connectivity index (χ2n) is 4.51. The maximum absolute atomic E-state index is 9.97. The van der Waals surface area contributed by atoms with Crippen molar-refractivity contribution in [3.63, 3.8) is 0 Å². The number of rotatable bonds is 6. The van der Waals surface area contributed by atoms with Gasteiger partial charge < -0.3 is 15.2 Å². The fourth-order valence-electron chi connectivity index (χ4n) is 1.47. The van der Waals surface area contributed by atoms with Crippen LogP contribution in [-0.2, 0) is 4.74 Å². The average molecular weight is 247 g/mol. The van der Waals surface area contributed by atoms with E-state index in [0.717, 1.165) is 5.56 Å². The fraction of sp³-hybridized carbons (Fsp3) is 0.467. The van der Waals surface area contributed by atoms with Crippen molar-refractivity contribution in [2.24, 2.45) is 0 Å². The molecule has 3 nitrogen and oxygen atoms in total. The molecule has 0 saturated carbocycles. The molecule has 0 aliphatic heterocycles. The number of aliphatic hydroxyl groups is 1. The molecule has 2 N–H and O–H groups in total. The minimum Gasteiger partial charge on any atom is -0.389 e. The molecule has 0 aromatic heterocycles. The number of benzene rings is 1. The van der Waals surface area contributed by atoms with Gasteiger partial charge in [-0.05, 0) is 19.1 Å². The van der Waals surface area contributed by atoms with Crippen molar-refractivity contribution in [2.45, 2.75) is 18.9 Å². The lowest BCUT2D eigenvalue weighted by Gasteiger charge is -2.22. The molecule has 98 valence electrons. The van der Waals surface area contributed by atoms with Crippen LogP contribution in [-0.4, -0.2) is 37.5 Å². The molecule has 0 bridgehead atoms. The Morgan fingerprint density at radius 2 is 2.06 bits per heavy atom. The van der Waals surface area contributed by atoms with Gasteiger partial charge in [0.05, 0.1) is 12.1 Å². The third-order valence-electron chi connectivity index (χ3n) is 2.57. The molecule has 1 aromatic rings. The molecular weight excluding hydrogens is 226 g/mol. The van der Waals surface area contributed by atoms with Crippen molar-refractivity contribution in [2.75, 3.05) is 26.8 Å². The number of methoxy groups -OCH3 is 1. The third kappa shape index (κ3) is 6.41. The Hall–Kier alpha value is -1.34. The van der Waals surface area contributed by atoms with Gasteiger partial charge in [0.15, 0.2) is 0 Å². The van der Waals surface area contributed by atoms with Crippen LogP contribution in [0, 0.1) is 11.8 Å². The van der Waals surface area contributed by atoms with Crippen LogP contribution in [0.2, 0.25) is 0 Å². The predicted molar refractivity (Wildman–Crippen MR) is 73.3 cm³/mol. The summed E-state index contributed by atoms with van der Waals surface area (Å²) in [6.07, 6.45) is 0.614. The van der Waals surface area contributed by atoms with Gasteiger partial charge in [0.2, 0.25) is 0 Å². The summed E-state index contributed by atoms with van der Waals surface area (Å²) in [7, 11) is 1.63. The standard InChI is InChI=1S/C15H21NO2/c1-15(17,10-12-18-2)13-16-11-6-9-14-7-4-3-5-8-14/h3-5,7-8,16-17H,10-13H2,1-2H3. The van der Waals surface area contributed by atoms with Crippen LogP contribution in [0.3, 0.4) is 0 Å². The van der Waals surface area contributed by atoms with Crippen LogP contribution in [0.5, 0.6) is 0 Å². The van der Waals surface area contributed by atoms with Gasteiger partial charge in [-0.3, -0.25) is 0 Å². The average Bonchev–Trinajstić information content (AvgIpc) is 2.37. The predicted octanol–water partition coefficient (Wildman–Crippen LogP) is 1.42. The lowest BCUT2D eigenvalue weighted by atomic mass is 10.0. The van der Waals surface area contributed by atoms with E-state index in [-0.39, 0.29) is 0 Å². The van der Waals surface area contributed by atoms with Crippen molar-refractivity contribution < 1.29 is 9.84 Å². The summed E-state index contributed by atoms with van der Waals surface area (Å²) in [6.45, 7) is 3.44. The first-order valence-electron chi connectivity index (χ1n) is 6.10. The Balaban J connectivity index is 2.25. The van der Waals surface area contributed by atoms with Gasteiger partial charge in [-0.15, -0.1) is 0 Å². The van der Waals surface area contributed by atoms with Gasteiger partial charge in [-0.2, -0.15) is 0 Å². The van der Waals surface area contributed by atoms with Crippen molar-refractivity contribution in [1.82, 2.24) is 5.32 Å². The highest BCUT2D eigenvalue weighted by Crippen LogP contribution is 2.06. The van der Waals surface area contributed by atoms with Crippen LogP contribution in [0.4, 0.5) is 0 Å². The van der Waals surface area contributed by atoms with E-state index < -0.39 is 5.60 Å².